The molecule has 128 valence electrons. The predicted octanol–water partition coefficient (Wildman–Crippen LogP) is 4.26. The fraction of sp³-hybridized carbons (Fsp3) is 0.278. The van der Waals surface area contributed by atoms with E-state index in [1.807, 2.05) is 30.3 Å². The van der Waals surface area contributed by atoms with Gasteiger partial charge in [0.25, 0.3) is 0 Å². The van der Waals surface area contributed by atoms with Crippen molar-refractivity contribution in [2.75, 3.05) is 14.2 Å². The van der Waals surface area contributed by atoms with Gasteiger partial charge in [0.2, 0.25) is 5.91 Å². The molecule has 1 N–H and O–H groups in total. The van der Waals surface area contributed by atoms with Gasteiger partial charge in [-0.15, -0.1) is 0 Å². The van der Waals surface area contributed by atoms with Crippen molar-refractivity contribution < 1.29 is 14.3 Å². The van der Waals surface area contributed by atoms with Crippen molar-refractivity contribution in [2.24, 2.45) is 0 Å². The first kappa shape index (κ1) is 18.4. The monoisotopic (exact) mass is 367 g/mol. The first-order chi connectivity index (χ1) is 11.5. The van der Waals surface area contributed by atoms with Crippen LogP contribution in [0.25, 0.3) is 0 Å². The maximum absolute atomic E-state index is 12.1. The van der Waals surface area contributed by atoms with Crippen molar-refractivity contribution in [1.29, 1.82) is 0 Å². The van der Waals surface area contributed by atoms with Crippen LogP contribution in [-0.4, -0.2) is 20.1 Å². The average molecular weight is 368 g/mol. The second kappa shape index (κ2) is 8.81. The van der Waals surface area contributed by atoms with Crippen LogP contribution >= 0.6 is 23.2 Å². The second-order valence-corrected chi connectivity index (χ2v) is 5.95. The number of amides is 1. The SMILES string of the molecule is COc1ccc(OC)c(CNC(=O)CCc2cccc(Cl)c2Cl)c1. The molecule has 0 aromatic heterocycles. The minimum atomic E-state index is -0.0732. The third-order valence-electron chi connectivity index (χ3n) is 3.62. The number of nitrogens with one attached hydrogen (secondary N) is 1. The Kier molecular flexibility index (Phi) is 6.76. The van der Waals surface area contributed by atoms with E-state index in [0.717, 1.165) is 11.1 Å². The number of carbonyl (C=O) groups excluding carboxylic acids is 1. The van der Waals surface area contributed by atoms with Gasteiger partial charge in [0, 0.05) is 18.5 Å². The normalized spacial score (nSPS) is 10.3. The summed E-state index contributed by atoms with van der Waals surface area (Å²) in [5.41, 5.74) is 1.71. The molecule has 4 nitrogen and oxygen atoms in total. The summed E-state index contributed by atoms with van der Waals surface area (Å²) >= 11 is 12.1. The summed E-state index contributed by atoms with van der Waals surface area (Å²) in [6, 6.07) is 10.9. The van der Waals surface area contributed by atoms with Crippen molar-refractivity contribution in [3.63, 3.8) is 0 Å². The largest absolute Gasteiger partial charge is 0.497 e. The molecule has 2 aromatic rings. The van der Waals surface area contributed by atoms with Crippen LogP contribution in [0.15, 0.2) is 36.4 Å². The molecule has 2 rings (SSSR count). The Labute approximate surface area is 151 Å². The second-order valence-electron chi connectivity index (χ2n) is 5.17. The smallest absolute Gasteiger partial charge is 0.220 e. The van der Waals surface area contributed by atoms with E-state index in [2.05, 4.69) is 5.32 Å². The van der Waals surface area contributed by atoms with E-state index in [0.29, 0.717) is 40.9 Å². The number of halogens is 2. The number of hydrogen-bond donors (Lipinski definition) is 1. The van der Waals surface area contributed by atoms with Gasteiger partial charge in [-0.1, -0.05) is 35.3 Å². The molecule has 0 saturated carbocycles. The topological polar surface area (TPSA) is 47.6 Å². The fourth-order valence-corrected chi connectivity index (χ4v) is 2.71. The Morgan fingerprint density at radius 1 is 1.08 bits per heavy atom. The Bertz CT molecular complexity index is 719. The molecule has 1 amide bonds. The summed E-state index contributed by atoms with van der Waals surface area (Å²) in [4.78, 5) is 12.1. The highest BCUT2D eigenvalue weighted by atomic mass is 35.5. The molecule has 0 atom stereocenters. The molecule has 6 heteroatoms. The molecule has 0 heterocycles. The van der Waals surface area contributed by atoms with Crippen molar-refractivity contribution in [1.82, 2.24) is 5.32 Å². The summed E-state index contributed by atoms with van der Waals surface area (Å²) in [5, 5.41) is 3.88. The minimum Gasteiger partial charge on any atom is -0.497 e. The van der Waals surface area contributed by atoms with Gasteiger partial charge in [0.1, 0.15) is 11.5 Å². The zero-order chi connectivity index (χ0) is 17.5. The highest BCUT2D eigenvalue weighted by molar-refractivity contribution is 6.42. The fourth-order valence-electron chi connectivity index (χ4n) is 2.29. The van der Waals surface area contributed by atoms with E-state index < -0.39 is 0 Å². The van der Waals surface area contributed by atoms with Crippen LogP contribution < -0.4 is 14.8 Å². The molecule has 0 aliphatic rings. The minimum absolute atomic E-state index is 0.0732. The highest BCUT2D eigenvalue weighted by Crippen LogP contribution is 2.26. The molecule has 0 aliphatic carbocycles. The third-order valence-corrected chi connectivity index (χ3v) is 4.47. The lowest BCUT2D eigenvalue weighted by Gasteiger charge is -2.12. The lowest BCUT2D eigenvalue weighted by Crippen LogP contribution is -2.23. The molecule has 0 saturated heterocycles. The Morgan fingerprint density at radius 2 is 1.88 bits per heavy atom. The van der Waals surface area contributed by atoms with Crippen molar-refractivity contribution in [2.45, 2.75) is 19.4 Å². The number of methoxy groups -OCH3 is 2. The van der Waals surface area contributed by atoms with Crippen LogP contribution in [0.1, 0.15) is 17.5 Å². The average Bonchev–Trinajstić information content (AvgIpc) is 2.60. The summed E-state index contributed by atoms with van der Waals surface area (Å²) in [5.74, 6) is 1.34. The van der Waals surface area contributed by atoms with E-state index in [4.69, 9.17) is 32.7 Å². The lowest BCUT2D eigenvalue weighted by atomic mass is 10.1. The quantitative estimate of drug-likeness (QED) is 0.795. The summed E-state index contributed by atoms with van der Waals surface area (Å²) in [7, 11) is 3.19. The molecule has 0 fully saturated rings. The molecule has 0 radical (unpaired) electrons. The third kappa shape index (κ3) is 4.79. The van der Waals surface area contributed by atoms with Gasteiger partial charge in [-0.2, -0.15) is 0 Å². The number of ether oxygens (including phenoxy) is 2. The van der Waals surface area contributed by atoms with Crippen LogP contribution in [-0.2, 0) is 17.8 Å². The predicted molar refractivity (Wildman–Crippen MR) is 96.2 cm³/mol. The van der Waals surface area contributed by atoms with Crippen LogP contribution in [0.5, 0.6) is 11.5 Å². The van der Waals surface area contributed by atoms with Gasteiger partial charge in [0.15, 0.2) is 0 Å². The number of benzene rings is 2. The molecule has 2 aromatic carbocycles. The van der Waals surface area contributed by atoms with Crippen LogP contribution in [0.2, 0.25) is 10.0 Å². The molecule has 0 unspecified atom stereocenters. The van der Waals surface area contributed by atoms with Gasteiger partial charge in [-0.25, -0.2) is 0 Å². The summed E-state index contributed by atoms with van der Waals surface area (Å²) < 4.78 is 10.5. The zero-order valence-electron chi connectivity index (χ0n) is 13.6. The Hall–Kier alpha value is -1.91. The Balaban J connectivity index is 1.93. The van der Waals surface area contributed by atoms with E-state index >= 15 is 0 Å². The number of rotatable bonds is 7. The molecule has 24 heavy (non-hydrogen) atoms. The maximum Gasteiger partial charge on any atom is 0.220 e. The van der Waals surface area contributed by atoms with Crippen molar-refractivity contribution >= 4 is 29.1 Å². The van der Waals surface area contributed by atoms with E-state index in [9.17, 15) is 4.79 Å². The van der Waals surface area contributed by atoms with Crippen LogP contribution in [0.4, 0.5) is 0 Å². The number of aryl methyl sites for hydroxylation is 1. The van der Waals surface area contributed by atoms with Crippen molar-refractivity contribution in [3.8, 4) is 11.5 Å². The maximum atomic E-state index is 12.1. The first-order valence-electron chi connectivity index (χ1n) is 7.45. The van der Waals surface area contributed by atoms with Gasteiger partial charge < -0.3 is 14.8 Å². The standard InChI is InChI=1S/C18H19Cl2NO3/c1-23-14-7-8-16(24-2)13(10-14)11-21-17(22)9-6-12-4-3-5-15(19)18(12)20/h3-5,7-8,10H,6,9,11H2,1-2H3,(H,21,22). The zero-order valence-corrected chi connectivity index (χ0v) is 15.1. The van der Waals surface area contributed by atoms with E-state index in [-0.39, 0.29) is 5.91 Å². The molecular formula is C18H19Cl2NO3. The molecule has 0 aliphatic heterocycles. The molecular weight excluding hydrogens is 349 g/mol. The van der Waals surface area contributed by atoms with Crippen LogP contribution in [0.3, 0.4) is 0 Å². The van der Waals surface area contributed by atoms with E-state index in [1.165, 1.54) is 0 Å². The lowest BCUT2D eigenvalue weighted by molar-refractivity contribution is -0.121. The first-order valence-corrected chi connectivity index (χ1v) is 8.21. The van der Waals surface area contributed by atoms with Gasteiger partial charge in [0.05, 0.1) is 24.3 Å². The number of carbonyl (C=O) groups is 1. The van der Waals surface area contributed by atoms with Gasteiger partial charge in [-0.05, 0) is 36.2 Å². The van der Waals surface area contributed by atoms with Crippen molar-refractivity contribution in [3.05, 3.63) is 57.6 Å². The summed E-state index contributed by atoms with van der Waals surface area (Å²) in [6.45, 7) is 0.364. The summed E-state index contributed by atoms with van der Waals surface area (Å²) in [6.07, 6.45) is 0.854. The van der Waals surface area contributed by atoms with Gasteiger partial charge >= 0.3 is 0 Å². The highest BCUT2D eigenvalue weighted by Gasteiger charge is 2.09. The van der Waals surface area contributed by atoms with Gasteiger partial charge in [-0.3, -0.25) is 4.79 Å². The van der Waals surface area contributed by atoms with Crippen LogP contribution in [0, 0.1) is 0 Å². The molecule has 0 spiro atoms. The molecule has 0 bridgehead atoms. The Morgan fingerprint density at radius 3 is 2.58 bits per heavy atom. The number of hydrogen-bond acceptors (Lipinski definition) is 3. The van der Waals surface area contributed by atoms with E-state index in [1.54, 1.807) is 20.3 Å².